The van der Waals surface area contributed by atoms with Crippen LogP contribution in [0.5, 0.6) is 0 Å². The Morgan fingerprint density at radius 3 is 2.83 bits per heavy atom. The van der Waals surface area contributed by atoms with Crippen LogP contribution in [0.1, 0.15) is 30.8 Å². The van der Waals surface area contributed by atoms with Crippen LogP contribution >= 0.6 is 0 Å². The van der Waals surface area contributed by atoms with Crippen LogP contribution in [-0.2, 0) is 16.6 Å². The molecule has 0 aromatic carbocycles. The topological polar surface area (TPSA) is 67.7 Å². The van der Waals surface area contributed by atoms with Gasteiger partial charge in [-0.25, -0.2) is 4.98 Å². The second-order valence-corrected chi connectivity index (χ2v) is 7.01. The first-order valence-corrected chi connectivity index (χ1v) is 8.05. The normalized spacial score (nSPS) is 25.5. The lowest BCUT2D eigenvalue weighted by atomic mass is 9.87. The minimum Gasteiger partial charge on any atom is -0.371 e. The van der Waals surface area contributed by atoms with Crippen molar-refractivity contribution in [3.8, 4) is 0 Å². The van der Waals surface area contributed by atoms with E-state index in [0.717, 1.165) is 6.42 Å². The number of rotatable bonds is 2. The summed E-state index contributed by atoms with van der Waals surface area (Å²) in [6.45, 7) is 6.63. The average molecular weight is 320 g/mol. The Balaban J connectivity index is 1.74. The maximum atomic E-state index is 12.6. The lowest BCUT2D eigenvalue weighted by Gasteiger charge is -2.34. The van der Waals surface area contributed by atoms with Gasteiger partial charge in [0, 0.05) is 44.3 Å². The summed E-state index contributed by atoms with van der Waals surface area (Å²) in [5.74, 6) is -0.0134. The van der Waals surface area contributed by atoms with Gasteiger partial charge in [-0.15, -0.1) is 0 Å². The van der Waals surface area contributed by atoms with E-state index in [2.05, 4.69) is 4.98 Å². The largest absolute Gasteiger partial charge is 0.371 e. The molecule has 2 amide bonds. The molecule has 2 fully saturated rings. The molecule has 7 heteroatoms. The van der Waals surface area contributed by atoms with Crippen molar-refractivity contribution >= 4 is 11.8 Å². The van der Waals surface area contributed by atoms with Crippen molar-refractivity contribution in [3.63, 3.8) is 0 Å². The first-order chi connectivity index (χ1) is 10.9. The molecule has 2 aliphatic rings. The monoisotopic (exact) mass is 320 g/mol. The second kappa shape index (κ2) is 5.96. The van der Waals surface area contributed by atoms with Crippen molar-refractivity contribution in [1.82, 2.24) is 19.4 Å². The SMILES string of the molecule is CC(C)N1CC2(CCN(C(=O)c3cn(C)cn3)C2)COCC1=O. The van der Waals surface area contributed by atoms with Crippen LogP contribution in [0.25, 0.3) is 0 Å². The predicted octanol–water partition coefficient (Wildman–Crippen LogP) is 0.520. The Morgan fingerprint density at radius 2 is 2.17 bits per heavy atom. The average Bonchev–Trinajstić information content (AvgIpc) is 3.06. The molecule has 126 valence electrons. The van der Waals surface area contributed by atoms with Gasteiger partial charge in [-0.3, -0.25) is 9.59 Å². The van der Waals surface area contributed by atoms with E-state index in [9.17, 15) is 9.59 Å². The molecule has 1 spiro atoms. The van der Waals surface area contributed by atoms with Gasteiger partial charge in [-0.05, 0) is 20.3 Å². The highest BCUT2D eigenvalue weighted by molar-refractivity contribution is 5.92. The Labute approximate surface area is 136 Å². The van der Waals surface area contributed by atoms with Crippen LogP contribution in [0.15, 0.2) is 12.5 Å². The van der Waals surface area contributed by atoms with Gasteiger partial charge in [-0.2, -0.15) is 0 Å². The van der Waals surface area contributed by atoms with E-state index in [0.29, 0.717) is 31.9 Å². The molecule has 0 N–H and O–H groups in total. The lowest BCUT2D eigenvalue weighted by Crippen LogP contribution is -2.46. The molecule has 1 aromatic heterocycles. The molecule has 2 saturated heterocycles. The summed E-state index contributed by atoms with van der Waals surface area (Å²) in [5.41, 5.74) is 0.303. The Hall–Kier alpha value is -1.89. The third-order valence-corrected chi connectivity index (χ3v) is 4.73. The minimum atomic E-state index is -0.166. The molecule has 3 heterocycles. The molecule has 1 unspecified atom stereocenters. The Kier molecular flexibility index (Phi) is 4.14. The molecule has 0 bridgehead atoms. The maximum absolute atomic E-state index is 12.6. The van der Waals surface area contributed by atoms with Crippen LogP contribution in [0.4, 0.5) is 0 Å². The van der Waals surface area contributed by atoms with Crippen LogP contribution < -0.4 is 0 Å². The zero-order valence-electron chi connectivity index (χ0n) is 14.0. The summed E-state index contributed by atoms with van der Waals surface area (Å²) in [5, 5.41) is 0. The smallest absolute Gasteiger partial charge is 0.274 e. The molecule has 1 aromatic rings. The molecule has 7 nitrogen and oxygen atoms in total. The van der Waals surface area contributed by atoms with Gasteiger partial charge >= 0.3 is 0 Å². The van der Waals surface area contributed by atoms with Gasteiger partial charge in [-0.1, -0.05) is 0 Å². The number of amides is 2. The number of nitrogens with zero attached hydrogens (tertiary/aromatic N) is 4. The van der Waals surface area contributed by atoms with E-state index in [4.69, 9.17) is 4.74 Å². The van der Waals surface area contributed by atoms with Crippen molar-refractivity contribution in [2.24, 2.45) is 12.5 Å². The number of carbonyl (C=O) groups is 2. The van der Waals surface area contributed by atoms with E-state index < -0.39 is 0 Å². The summed E-state index contributed by atoms with van der Waals surface area (Å²) in [6.07, 6.45) is 4.22. The fourth-order valence-electron chi connectivity index (χ4n) is 3.44. The number of hydrogen-bond donors (Lipinski definition) is 0. The fraction of sp³-hybridized carbons (Fsp3) is 0.688. The fourth-order valence-corrected chi connectivity index (χ4v) is 3.44. The summed E-state index contributed by atoms with van der Waals surface area (Å²) in [7, 11) is 1.85. The summed E-state index contributed by atoms with van der Waals surface area (Å²) < 4.78 is 7.38. The summed E-state index contributed by atoms with van der Waals surface area (Å²) in [6, 6.07) is 0.140. The minimum absolute atomic E-state index is 0.0337. The van der Waals surface area contributed by atoms with Gasteiger partial charge in [0.15, 0.2) is 0 Å². The second-order valence-electron chi connectivity index (χ2n) is 7.01. The van der Waals surface area contributed by atoms with E-state index in [1.807, 2.05) is 30.7 Å². The number of hydrogen-bond acceptors (Lipinski definition) is 4. The Morgan fingerprint density at radius 1 is 1.39 bits per heavy atom. The van der Waals surface area contributed by atoms with Gasteiger partial charge in [0.05, 0.1) is 12.9 Å². The Bertz CT molecular complexity index is 612. The quantitative estimate of drug-likeness (QED) is 0.797. The van der Waals surface area contributed by atoms with Crippen LogP contribution in [-0.4, -0.2) is 70.1 Å². The van der Waals surface area contributed by atoms with Crippen molar-refractivity contribution in [1.29, 1.82) is 0 Å². The highest BCUT2D eigenvalue weighted by Crippen LogP contribution is 2.34. The first-order valence-electron chi connectivity index (χ1n) is 8.05. The van der Waals surface area contributed by atoms with Crippen molar-refractivity contribution < 1.29 is 14.3 Å². The van der Waals surface area contributed by atoms with E-state index in [1.54, 1.807) is 17.1 Å². The molecular weight excluding hydrogens is 296 g/mol. The number of aromatic nitrogens is 2. The van der Waals surface area contributed by atoms with Crippen LogP contribution in [0.3, 0.4) is 0 Å². The first kappa shape index (κ1) is 16.0. The highest BCUT2D eigenvalue weighted by Gasteiger charge is 2.44. The number of carbonyl (C=O) groups excluding carboxylic acids is 2. The highest BCUT2D eigenvalue weighted by atomic mass is 16.5. The molecule has 23 heavy (non-hydrogen) atoms. The van der Waals surface area contributed by atoms with E-state index in [1.165, 1.54) is 0 Å². The van der Waals surface area contributed by atoms with Crippen LogP contribution in [0.2, 0.25) is 0 Å². The van der Waals surface area contributed by atoms with Gasteiger partial charge in [0.25, 0.3) is 5.91 Å². The van der Waals surface area contributed by atoms with E-state index in [-0.39, 0.29) is 29.9 Å². The van der Waals surface area contributed by atoms with Crippen molar-refractivity contribution in [2.75, 3.05) is 32.8 Å². The van der Waals surface area contributed by atoms with Crippen molar-refractivity contribution in [3.05, 3.63) is 18.2 Å². The number of likely N-dealkylation sites (tertiary alicyclic amines) is 1. The summed E-state index contributed by atoms with van der Waals surface area (Å²) >= 11 is 0. The number of imidazole rings is 1. The number of aryl methyl sites for hydroxylation is 1. The molecule has 0 aliphatic carbocycles. The molecule has 3 rings (SSSR count). The molecule has 0 radical (unpaired) electrons. The third kappa shape index (κ3) is 3.10. The molecule has 2 aliphatic heterocycles. The van der Waals surface area contributed by atoms with Crippen molar-refractivity contribution in [2.45, 2.75) is 26.3 Å². The summed E-state index contributed by atoms with van der Waals surface area (Å²) in [4.78, 5) is 32.6. The van der Waals surface area contributed by atoms with Gasteiger partial charge in [0.2, 0.25) is 5.91 Å². The third-order valence-electron chi connectivity index (χ3n) is 4.73. The molecular formula is C16H24N4O3. The van der Waals surface area contributed by atoms with E-state index >= 15 is 0 Å². The van der Waals surface area contributed by atoms with Crippen LogP contribution in [0, 0.1) is 5.41 Å². The molecule has 1 atom stereocenters. The van der Waals surface area contributed by atoms with Gasteiger partial charge in [0.1, 0.15) is 12.3 Å². The predicted molar refractivity (Wildman–Crippen MR) is 83.8 cm³/mol. The standard InChI is InChI=1S/C16H24N4O3/c1-12(2)20-9-16(10-23-7-14(20)21)4-5-19(8-16)15(22)13-6-18(3)11-17-13/h6,11-12H,4-5,7-10H2,1-3H3. The molecule has 0 saturated carbocycles. The lowest BCUT2D eigenvalue weighted by molar-refractivity contribution is -0.135. The maximum Gasteiger partial charge on any atom is 0.274 e. The zero-order chi connectivity index (χ0) is 16.6. The number of ether oxygens (including phenoxy) is 1. The zero-order valence-corrected chi connectivity index (χ0v) is 14.0. The van der Waals surface area contributed by atoms with Gasteiger partial charge < -0.3 is 19.1 Å².